The summed E-state index contributed by atoms with van der Waals surface area (Å²) in [7, 11) is -3.48. The summed E-state index contributed by atoms with van der Waals surface area (Å²) < 4.78 is 37.8. The number of amides is 1. The molecule has 0 saturated carbocycles. The molecule has 168 valence electrons. The molecule has 1 fully saturated rings. The molecule has 0 aliphatic carbocycles. The lowest BCUT2D eigenvalue weighted by molar-refractivity contribution is -0.125. The topological polar surface area (TPSA) is 79.4 Å². The molecule has 2 aromatic rings. The van der Waals surface area contributed by atoms with Crippen molar-refractivity contribution in [3.63, 3.8) is 0 Å². The molecule has 0 radical (unpaired) electrons. The first-order valence-electron chi connectivity index (χ1n) is 10.5. The number of halogens is 1. The van der Waals surface area contributed by atoms with E-state index in [1.807, 2.05) is 6.07 Å². The Kier molecular flexibility index (Phi) is 6.69. The molecule has 1 aliphatic heterocycles. The number of anilines is 1. The van der Waals surface area contributed by atoms with E-state index in [1.54, 1.807) is 52.1 Å². The third kappa shape index (κ3) is 5.23. The molecule has 1 aliphatic rings. The lowest BCUT2D eigenvalue weighted by Crippen LogP contribution is -2.40. The van der Waals surface area contributed by atoms with Crippen molar-refractivity contribution >= 4 is 21.4 Å². The van der Waals surface area contributed by atoms with Crippen LogP contribution in [0.2, 0.25) is 0 Å². The molecule has 1 amide bonds. The number of aryl methyl sites for hydroxylation is 1. The first-order valence-corrected chi connectivity index (χ1v) is 12.0. The van der Waals surface area contributed by atoms with E-state index in [9.17, 15) is 17.6 Å². The second-order valence-corrected chi connectivity index (χ2v) is 11.7. The van der Waals surface area contributed by atoms with Crippen molar-refractivity contribution < 1.29 is 17.6 Å². The van der Waals surface area contributed by atoms with Crippen LogP contribution in [-0.4, -0.2) is 37.1 Å². The highest BCUT2D eigenvalue weighted by Crippen LogP contribution is 2.27. The van der Waals surface area contributed by atoms with E-state index < -0.39 is 14.6 Å². The molecule has 1 aromatic heterocycles. The first-order chi connectivity index (χ1) is 14.5. The number of benzene rings is 1. The molecule has 2 heterocycles. The molecule has 0 spiro atoms. The van der Waals surface area contributed by atoms with Gasteiger partial charge in [-0.05, 0) is 69.9 Å². The van der Waals surface area contributed by atoms with Crippen molar-refractivity contribution in [2.24, 2.45) is 5.92 Å². The molecule has 0 atom stereocenters. The maximum atomic E-state index is 13.7. The monoisotopic (exact) mass is 447 g/mol. The van der Waals surface area contributed by atoms with Gasteiger partial charge in [-0.15, -0.1) is 0 Å². The Morgan fingerprint density at radius 1 is 1.19 bits per heavy atom. The summed E-state index contributed by atoms with van der Waals surface area (Å²) in [6, 6.07) is 8.31. The number of rotatable bonds is 5. The van der Waals surface area contributed by atoms with Crippen LogP contribution >= 0.6 is 0 Å². The van der Waals surface area contributed by atoms with E-state index >= 15 is 0 Å². The number of carbonyl (C=O) groups excluding carboxylic acids is 1. The van der Waals surface area contributed by atoms with E-state index in [-0.39, 0.29) is 22.7 Å². The fraction of sp³-hybridized carbons (Fsp3) is 0.478. The van der Waals surface area contributed by atoms with Crippen molar-refractivity contribution in [2.45, 2.75) is 56.9 Å². The van der Waals surface area contributed by atoms with Gasteiger partial charge >= 0.3 is 0 Å². The first kappa shape index (κ1) is 23.2. The van der Waals surface area contributed by atoms with Gasteiger partial charge in [0.05, 0.1) is 16.6 Å². The molecular weight excluding hydrogens is 417 g/mol. The Hall–Kier alpha value is -2.48. The zero-order valence-electron chi connectivity index (χ0n) is 18.5. The Morgan fingerprint density at radius 2 is 1.87 bits per heavy atom. The highest BCUT2D eigenvalue weighted by Gasteiger charge is 2.32. The third-order valence-corrected chi connectivity index (χ3v) is 8.14. The summed E-state index contributed by atoms with van der Waals surface area (Å²) in [6.45, 7) is 8.35. The number of hydrogen-bond donors (Lipinski definition) is 1. The zero-order valence-corrected chi connectivity index (χ0v) is 19.3. The molecule has 1 aromatic carbocycles. The van der Waals surface area contributed by atoms with Crippen LogP contribution in [0.15, 0.2) is 41.6 Å². The SMILES string of the molecule is Cc1ccc(CNC(=O)C2CCN(c3ccc(S(=O)(=O)C(C)(C)C)nc3)CC2)cc1F. The van der Waals surface area contributed by atoms with Crippen LogP contribution in [0.1, 0.15) is 44.7 Å². The Morgan fingerprint density at radius 3 is 2.42 bits per heavy atom. The van der Waals surface area contributed by atoms with Crippen LogP contribution in [0.25, 0.3) is 0 Å². The summed E-state index contributed by atoms with van der Waals surface area (Å²) in [6.07, 6.45) is 2.97. The Bertz CT molecular complexity index is 1040. The molecule has 0 bridgehead atoms. The largest absolute Gasteiger partial charge is 0.370 e. The van der Waals surface area contributed by atoms with Crippen LogP contribution in [0.4, 0.5) is 10.1 Å². The van der Waals surface area contributed by atoms with Gasteiger partial charge in [-0.1, -0.05) is 12.1 Å². The van der Waals surface area contributed by atoms with Gasteiger partial charge in [0.1, 0.15) is 5.82 Å². The average molecular weight is 448 g/mol. The maximum Gasteiger partial charge on any atom is 0.223 e. The number of carbonyl (C=O) groups is 1. The van der Waals surface area contributed by atoms with Gasteiger partial charge in [-0.2, -0.15) is 0 Å². The zero-order chi connectivity index (χ0) is 22.8. The number of pyridine rings is 1. The summed E-state index contributed by atoms with van der Waals surface area (Å²) in [4.78, 5) is 18.8. The minimum absolute atomic E-state index is 0.0228. The summed E-state index contributed by atoms with van der Waals surface area (Å²) in [5.74, 6) is -0.389. The van der Waals surface area contributed by atoms with Gasteiger partial charge in [0.2, 0.25) is 5.91 Å². The molecule has 1 N–H and O–H groups in total. The molecule has 6 nitrogen and oxygen atoms in total. The predicted molar refractivity (Wildman–Crippen MR) is 119 cm³/mol. The van der Waals surface area contributed by atoms with E-state index in [0.29, 0.717) is 38.0 Å². The molecular formula is C23H30FN3O3S. The minimum atomic E-state index is -3.48. The lowest BCUT2D eigenvalue weighted by Gasteiger charge is -2.33. The van der Waals surface area contributed by atoms with Crippen molar-refractivity contribution in [3.8, 4) is 0 Å². The minimum Gasteiger partial charge on any atom is -0.370 e. The number of piperidine rings is 1. The third-order valence-electron chi connectivity index (χ3n) is 5.74. The normalized spacial score (nSPS) is 15.7. The lowest BCUT2D eigenvalue weighted by atomic mass is 9.95. The smallest absolute Gasteiger partial charge is 0.223 e. The van der Waals surface area contributed by atoms with E-state index in [0.717, 1.165) is 11.3 Å². The standard InChI is InChI=1S/C23H30FN3O3S/c1-16-5-6-17(13-20(16)24)14-26-22(28)18-9-11-27(12-10-18)19-7-8-21(25-15-19)31(29,30)23(2,3)4/h5-8,13,15,18H,9-12,14H2,1-4H3,(H,26,28). The van der Waals surface area contributed by atoms with Gasteiger partial charge in [-0.3, -0.25) is 4.79 Å². The Labute approximate surface area is 183 Å². The van der Waals surface area contributed by atoms with Gasteiger partial charge < -0.3 is 10.2 Å². The summed E-state index contributed by atoms with van der Waals surface area (Å²) in [5.41, 5.74) is 2.17. The number of nitrogens with one attached hydrogen (secondary N) is 1. The molecule has 1 saturated heterocycles. The number of sulfone groups is 1. The molecule has 0 unspecified atom stereocenters. The fourth-order valence-corrected chi connectivity index (χ4v) is 4.58. The predicted octanol–water partition coefficient (Wildman–Crippen LogP) is 3.63. The highest BCUT2D eigenvalue weighted by molar-refractivity contribution is 7.92. The van der Waals surface area contributed by atoms with Gasteiger partial charge in [0.15, 0.2) is 14.9 Å². The quantitative estimate of drug-likeness (QED) is 0.757. The fourth-order valence-electron chi connectivity index (χ4n) is 3.51. The summed E-state index contributed by atoms with van der Waals surface area (Å²) >= 11 is 0. The van der Waals surface area contributed by atoms with E-state index in [2.05, 4.69) is 15.2 Å². The van der Waals surface area contributed by atoms with Crippen molar-refractivity contribution in [2.75, 3.05) is 18.0 Å². The molecule has 8 heteroatoms. The van der Waals surface area contributed by atoms with Gasteiger partial charge in [-0.25, -0.2) is 17.8 Å². The molecule has 31 heavy (non-hydrogen) atoms. The van der Waals surface area contributed by atoms with Crippen LogP contribution in [0, 0.1) is 18.7 Å². The average Bonchev–Trinajstić information content (AvgIpc) is 2.74. The number of aromatic nitrogens is 1. The van der Waals surface area contributed by atoms with Crippen LogP contribution in [-0.2, 0) is 21.2 Å². The number of nitrogens with zero attached hydrogens (tertiary/aromatic N) is 2. The van der Waals surface area contributed by atoms with E-state index in [1.165, 1.54) is 6.07 Å². The van der Waals surface area contributed by atoms with Gasteiger partial charge in [0.25, 0.3) is 0 Å². The second-order valence-electron chi connectivity index (χ2n) is 9.03. The van der Waals surface area contributed by atoms with Crippen molar-refractivity contribution in [1.82, 2.24) is 10.3 Å². The highest BCUT2D eigenvalue weighted by atomic mass is 32.2. The van der Waals surface area contributed by atoms with Crippen LogP contribution in [0.5, 0.6) is 0 Å². The van der Waals surface area contributed by atoms with E-state index in [4.69, 9.17) is 0 Å². The Balaban J connectivity index is 1.54. The second kappa shape index (κ2) is 8.94. The van der Waals surface area contributed by atoms with Gasteiger partial charge in [0, 0.05) is 25.6 Å². The molecule has 3 rings (SSSR count). The van der Waals surface area contributed by atoms with Crippen LogP contribution in [0.3, 0.4) is 0 Å². The van der Waals surface area contributed by atoms with Crippen molar-refractivity contribution in [3.05, 3.63) is 53.5 Å². The van der Waals surface area contributed by atoms with Crippen LogP contribution < -0.4 is 10.2 Å². The van der Waals surface area contributed by atoms with Crippen molar-refractivity contribution in [1.29, 1.82) is 0 Å². The summed E-state index contributed by atoms with van der Waals surface area (Å²) in [5, 5.41) is 2.98. The maximum absolute atomic E-state index is 13.7. The number of hydrogen-bond acceptors (Lipinski definition) is 5.